The molecule has 154 valence electrons. The van der Waals surface area contributed by atoms with Crippen molar-refractivity contribution in [3.8, 4) is 11.3 Å². The van der Waals surface area contributed by atoms with Crippen LogP contribution in [0.2, 0.25) is 0 Å². The summed E-state index contributed by atoms with van der Waals surface area (Å²) in [5.41, 5.74) is 6.02. The number of alkyl halides is 1. The van der Waals surface area contributed by atoms with Crippen LogP contribution >= 0.6 is 15.9 Å². The van der Waals surface area contributed by atoms with Gasteiger partial charge in [0.05, 0.1) is 10.5 Å². The number of aromatic nitrogens is 2. The van der Waals surface area contributed by atoms with Crippen LogP contribution in [0.5, 0.6) is 0 Å². The molecular formula is C26H21BrFN3. The monoisotopic (exact) mass is 473 g/mol. The first kappa shape index (κ1) is 19.9. The van der Waals surface area contributed by atoms with Crippen LogP contribution in [0.25, 0.3) is 11.3 Å². The normalized spacial score (nSPS) is 15.6. The Balaban J connectivity index is 1.44. The van der Waals surface area contributed by atoms with Crippen molar-refractivity contribution >= 4 is 21.9 Å². The fraction of sp³-hybridized carbons (Fsp3) is 0.154. The Bertz CT molecular complexity index is 1210. The van der Waals surface area contributed by atoms with E-state index in [0.717, 1.165) is 22.4 Å². The van der Waals surface area contributed by atoms with E-state index < -0.39 is 0 Å². The van der Waals surface area contributed by atoms with Gasteiger partial charge >= 0.3 is 0 Å². The topological polar surface area (TPSA) is 37.8 Å². The maximum Gasteiger partial charge on any atom is 0.223 e. The number of hydrogen-bond donors (Lipinski definition) is 1. The number of hydrogen-bond acceptors (Lipinski definition) is 3. The van der Waals surface area contributed by atoms with Gasteiger partial charge in [0, 0.05) is 24.2 Å². The Morgan fingerprint density at radius 2 is 1.65 bits per heavy atom. The summed E-state index contributed by atoms with van der Waals surface area (Å²) in [5, 5.41) is 3.35. The minimum Gasteiger partial charge on any atom is -0.353 e. The van der Waals surface area contributed by atoms with Gasteiger partial charge < -0.3 is 5.32 Å². The van der Waals surface area contributed by atoms with Gasteiger partial charge in [-0.2, -0.15) is 0 Å². The van der Waals surface area contributed by atoms with Crippen molar-refractivity contribution in [2.75, 3.05) is 11.9 Å². The lowest BCUT2D eigenvalue weighted by Gasteiger charge is -2.27. The number of rotatable bonds is 5. The van der Waals surface area contributed by atoms with Gasteiger partial charge in [0.1, 0.15) is 5.82 Å². The van der Waals surface area contributed by atoms with Crippen LogP contribution in [-0.2, 0) is 6.42 Å². The van der Waals surface area contributed by atoms with E-state index in [0.29, 0.717) is 24.5 Å². The molecule has 0 saturated carbocycles. The van der Waals surface area contributed by atoms with E-state index in [1.807, 2.05) is 48.7 Å². The predicted octanol–water partition coefficient (Wildman–Crippen LogP) is 6.52. The lowest BCUT2D eigenvalue weighted by molar-refractivity contribution is 0.593. The molecule has 0 fully saturated rings. The average molecular weight is 474 g/mol. The molecule has 1 aromatic heterocycles. The zero-order valence-corrected chi connectivity index (χ0v) is 18.4. The van der Waals surface area contributed by atoms with Crippen molar-refractivity contribution in [1.29, 1.82) is 0 Å². The molecule has 5 rings (SSSR count). The average Bonchev–Trinajstić information content (AvgIpc) is 2.83. The molecule has 0 amide bonds. The molecule has 1 N–H and O–H groups in total. The summed E-state index contributed by atoms with van der Waals surface area (Å²) in [4.78, 5) is 9.54. The van der Waals surface area contributed by atoms with Crippen molar-refractivity contribution < 1.29 is 4.39 Å². The van der Waals surface area contributed by atoms with Crippen molar-refractivity contribution in [2.24, 2.45) is 0 Å². The van der Waals surface area contributed by atoms with Gasteiger partial charge in [-0.1, -0.05) is 88.7 Å². The number of nitrogens with one attached hydrogen (secondary N) is 1. The second kappa shape index (κ2) is 8.60. The molecule has 0 saturated heterocycles. The molecule has 3 nitrogen and oxygen atoms in total. The quantitative estimate of drug-likeness (QED) is 0.335. The third-order valence-electron chi connectivity index (χ3n) is 5.76. The van der Waals surface area contributed by atoms with Crippen LogP contribution < -0.4 is 5.32 Å². The molecule has 2 unspecified atom stereocenters. The Labute approximate surface area is 189 Å². The second-order valence-electron chi connectivity index (χ2n) is 7.69. The molecule has 0 radical (unpaired) electrons. The minimum atomic E-state index is -0.172. The van der Waals surface area contributed by atoms with Gasteiger partial charge in [-0.15, -0.1) is 0 Å². The van der Waals surface area contributed by atoms with Crippen molar-refractivity contribution in [3.63, 3.8) is 0 Å². The smallest absolute Gasteiger partial charge is 0.223 e. The van der Waals surface area contributed by atoms with E-state index in [2.05, 4.69) is 50.5 Å². The minimum absolute atomic E-state index is 0.0442. The molecule has 4 aromatic rings. The van der Waals surface area contributed by atoms with Crippen molar-refractivity contribution in [3.05, 3.63) is 113 Å². The SMILES string of the molecule is Fc1ccccc1C1Cc2cnc(NCC(Br)c3ccccc3)nc2-c2ccccc21. The third kappa shape index (κ3) is 3.98. The highest BCUT2D eigenvalue weighted by Crippen LogP contribution is 2.42. The Morgan fingerprint density at radius 1 is 0.935 bits per heavy atom. The maximum atomic E-state index is 14.6. The summed E-state index contributed by atoms with van der Waals surface area (Å²) in [6.07, 6.45) is 2.55. The van der Waals surface area contributed by atoms with Crippen LogP contribution in [0, 0.1) is 5.82 Å². The molecule has 31 heavy (non-hydrogen) atoms. The molecule has 0 spiro atoms. The van der Waals surface area contributed by atoms with E-state index in [1.54, 1.807) is 6.07 Å². The molecule has 1 aliphatic rings. The van der Waals surface area contributed by atoms with Crippen LogP contribution in [-0.4, -0.2) is 16.5 Å². The maximum absolute atomic E-state index is 14.6. The van der Waals surface area contributed by atoms with E-state index in [1.165, 1.54) is 11.6 Å². The first-order chi connectivity index (χ1) is 15.2. The van der Waals surface area contributed by atoms with Crippen LogP contribution in [0.3, 0.4) is 0 Å². The number of fused-ring (bicyclic) bond motifs is 3. The zero-order valence-electron chi connectivity index (χ0n) is 16.8. The molecule has 1 aliphatic carbocycles. The fourth-order valence-electron chi connectivity index (χ4n) is 4.22. The van der Waals surface area contributed by atoms with Gasteiger partial charge in [0.2, 0.25) is 5.95 Å². The van der Waals surface area contributed by atoms with Gasteiger partial charge in [0.15, 0.2) is 0 Å². The number of halogens is 2. The van der Waals surface area contributed by atoms with Crippen molar-refractivity contribution in [2.45, 2.75) is 17.2 Å². The van der Waals surface area contributed by atoms with E-state index in [9.17, 15) is 4.39 Å². The Hall–Kier alpha value is -3.05. The number of nitrogens with zero attached hydrogens (tertiary/aromatic N) is 2. The van der Waals surface area contributed by atoms with E-state index in [4.69, 9.17) is 4.98 Å². The summed E-state index contributed by atoms with van der Waals surface area (Å²) in [5.74, 6) is 0.379. The summed E-state index contributed by atoms with van der Waals surface area (Å²) in [6.45, 7) is 0.669. The largest absolute Gasteiger partial charge is 0.353 e. The highest BCUT2D eigenvalue weighted by atomic mass is 79.9. The zero-order chi connectivity index (χ0) is 21.2. The van der Waals surface area contributed by atoms with Gasteiger partial charge in [-0.3, -0.25) is 0 Å². The summed E-state index contributed by atoms with van der Waals surface area (Å²) in [6, 6.07) is 25.4. The van der Waals surface area contributed by atoms with Crippen LogP contribution in [0.15, 0.2) is 85.1 Å². The van der Waals surface area contributed by atoms with Crippen LogP contribution in [0.4, 0.5) is 10.3 Å². The number of benzene rings is 3. The molecule has 5 heteroatoms. The first-order valence-corrected chi connectivity index (χ1v) is 11.2. The molecule has 3 aromatic carbocycles. The highest BCUT2D eigenvalue weighted by molar-refractivity contribution is 9.09. The van der Waals surface area contributed by atoms with Crippen molar-refractivity contribution in [1.82, 2.24) is 9.97 Å². The lowest BCUT2D eigenvalue weighted by atomic mass is 9.78. The molecular weight excluding hydrogens is 453 g/mol. The van der Waals surface area contributed by atoms with E-state index >= 15 is 0 Å². The van der Waals surface area contributed by atoms with Gasteiger partial charge in [0.25, 0.3) is 0 Å². The first-order valence-electron chi connectivity index (χ1n) is 10.3. The Kier molecular flexibility index (Phi) is 5.51. The predicted molar refractivity (Wildman–Crippen MR) is 126 cm³/mol. The summed E-state index contributed by atoms with van der Waals surface area (Å²) in [7, 11) is 0. The van der Waals surface area contributed by atoms with Crippen LogP contribution in [0.1, 0.15) is 33.0 Å². The molecule has 1 heterocycles. The lowest BCUT2D eigenvalue weighted by Crippen LogP contribution is -2.17. The third-order valence-corrected chi connectivity index (χ3v) is 6.61. The van der Waals surface area contributed by atoms with E-state index in [-0.39, 0.29) is 16.6 Å². The number of anilines is 1. The second-order valence-corrected chi connectivity index (χ2v) is 8.80. The standard InChI is InChI=1S/C26H21BrFN3/c27-23(17-8-2-1-3-9-17)16-30-26-29-15-18-14-22(20-11-6-7-13-24(20)28)19-10-4-5-12-21(19)25(18)31-26/h1-13,15,22-23H,14,16H2,(H,29,30,31). The highest BCUT2D eigenvalue weighted by Gasteiger charge is 2.28. The summed E-state index contributed by atoms with van der Waals surface area (Å²) >= 11 is 3.73. The molecule has 0 bridgehead atoms. The fourth-order valence-corrected chi connectivity index (χ4v) is 4.68. The summed E-state index contributed by atoms with van der Waals surface area (Å²) < 4.78 is 14.6. The van der Waals surface area contributed by atoms with Gasteiger partial charge in [-0.05, 0) is 34.7 Å². The molecule has 0 aliphatic heterocycles. The Morgan fingerprint density at radius 3 is 2.45 bits per heavy atom. The van der Waals surface area contributed by atoms with Gasteiger partial charge in [-0.25, -0.2) is 14.4 Å². The molecule has 2 atom stereocenters.